The zero-order chi connectivity index (χ0) is 15.2. The number of carbonyl (C=O) groups is 1. The summed E-state index contributed by atoms with van der Waals surface area (Å²) in [6, 6.07) is 16.1. The van der Waals surface area contributed by atoms with Crippen molar-refractivity contribution in [3.05, 3.63) is 66.0 Å². The van der Waals surface area contributed by atoms with E-state index in [1.54, 1.807) is 24.3 Å². The Morgan fingerprint density at radius 3 is 2.48 bits per heavy atom. The number of hydrogen-bond acceptors (Lipinski definition) is 5. The SMILES string of the molecule is C.O=C(Nc1ccccc1)c1ccc(OCc2nn[nH]n2)cc1. The molecule has 0 saturated carbocycles. The third kappa shape index (κ3) is 4.37. The van der Waals surface area contributed by atoms with E-state index < -0.39 is 0 Å². The van der Waals surface area contributed by atoms with Gasteiger partial charge in [0.25, 0.3) is 5.91 Å². The molecule has 0 radical (unpaired) electrons. The van der Waals surface area contributed by atoms with E-state index >= 15 is 0 Å². The van der Waals surface area contributed by atoms with Gasteiger partial charge in [-0.05, 0) is 36.4 Å². The van der Waals surface area contributed by atoms with Crippen LogP contribution in [0.25, 0.3) is 0 Å². The van der Waals surface area contributed by atoms with Crippen molar-refractivity contribution < 1.29 is 9.53 Å². The highest BCUT2D eigenvalue weighted by Crippen LogP contribution is 2.15. The fraction of sp³-hybridized carbons (Fsp3) is 0.125. The number of nitrogens with one attached hydrogen (secondary N) is 2. The van der Waals surface area contributed by atoms with Gasteiger partial charge in [0, 0.05) is 11.3 Å². The van der Waals surface area contributed by atoms with E-state index in [9.17, 15) is 4.79 Å². The minimum atomic E-state index is -0.170. The van der Waals surface area contributed by atoms with Crippen molar-refractivity contribution in [2.75, 3.05) is 5.32 Å². The molecule has 3 rings (SSSR count). The van der Waals surface area contributed by atoms with Crippen molar-refractivity contribution >= 4 is 11.6 Å². The average molecular weight is 311 g/mol. The molecular weight excluding hydrogens is 294 g/mol. The smallest absolute Gasteiger partial charge is 0.255 e. The van der Waals surface area contributed by atoms with Crippen LogP contribution in [0.2, 0.25) is 0 Å². The molecule has 3 aromatic rings. The van der Waals surface area contributed by atoms with Crippen LogP contribution in [0.15, 0.2) is 54.6 Å². The normalized spacial score (nSPS) is 9.74. The van der Waals surface area contributed by atoms with Gasteiger partial charge in [0.05, 0.1) is 0 Å². The molecule has 1 heterocycles. The van der Waals surface area contributed by atoms with Gasteiger partial charge in [-0.25, -0.2) is 0 Å². The van der Waals surface area contributed by atoms with E-state index in [1.807, 2.05) is 30.3 Å². The first-order chi connectivity index (χ1) is 10.8. The number of aromatic nitrogens is 4. The number of carbonyl (C=O) groups excluding carboxylic acids is 1. The zero-order valence-electron chi connectivity index (χ0n) is 11.6. The predicted octanol–water partition coefficient (Wildman–Crippen LogP) is 2.67. The van der Waals surface area contributed by atoms with Gasteiger partial charge < -0.3 is 10.1 Å². The number of benzene rings is 2. The third-order valence-corrected chi connectivity index (χ3v) is 2.91. The van der Waals surface area contributed by atoms with Gasteiger partial charge in [-0.1, -0.05) is 30.8 Å². The van der Waals surface area contributed by atoms with E-state index in [1.165, 1.54) is 0 Å². The van der Waals surface area contributed by atoms with Crippen LogP contribution in [0.1, 0.15) is 23.6 Å². The van der Waals surface area contributed by atoms with Crippen molar-refractivity contribution in [1.82, 2.24) is 20.6 Å². The molecule has 1 aromatic heterocycles. The van der Waals surface area contributed by atoms with Crippen molar-refractivity contribution in [1.29, 1.82) is 0 Å². The molecule has 0 bridgehead atoms. The summed E-state index contributed by atoms with van der Waals surface area (Å²) in [5.74, 6) is 0.919. The van der Waals surface area contributed by atoms with Crippen LogP contribution < -0.4 is 10.1 Å². The van der Waals surface area contributed by atoms with Gasteiger partial charge in [0.1, 0.15) is 5.75 Å². The second-order valence-corrected chi connectivity index (χ2v) is 4.46. The molecule has 2 aromatic carbocycles. The van der Waals surface area contributed by atoms with Gasteiger partial charge in [-0.2, -0.15) is 5.21 Å². The van der Waals surface area contributed by atoms with E-state index in [4.69, 9.17) is 4.74 Å². The lowest BCUT2D eigenvalue weighted by atomic mass is 10.2. The predicted molar refractivity (Wildman–Crippen MR) is 86.1 cm³/mol. The van der Waals surface area contributed by atoms with Crippen LogP contribution >= 0.6 is 0 Å². The summed E-state index contributed by atoms with van der Waals surface area (Å²) in [4.78, 5) is 12.1. The number of rotatable bonds is 5. The van der Waals surface area contributed by atoms with Gasteiger partial charge >= 0.3 is 0 Å². The monoisotopic (exact) mass is 311 g/mol. The Labute approximate surface area is 133 Å². The molecule has 23 heavy (non-hydrogen) atoms. The molecule has 0 saturated heterocycles. The number of aromatic amines is 1. The first-order valence-corrected chi connectivity index (χ1v) is 6.63. The van der Waals surface area contributed by atoms with Crippen LogP contribution in [0, 0.1) is 0 Å². The summed E-state index contributed by atoms with van der Waals surface area (Å²) in [7, 11) is 0. The fourth-order valence-corrected chi connectivity index (χ4v) is 1.82. The maximum atomic E-state index is 12.1. The first kappa shape index (κ1) is 16.2. The number of para-hydroxylation sites is 1. The minimum absolute atomic E-state index is 0. The summed E-state index contributed by atoms with van der Waals surface area (Å²) >= 11 is 0. The van der Waals surface area contributed by atoms with Crippen molar-refractivity contribution in [2.45, 2.75) is 14.0 Å². The Morgan fingerprint density at radius 1 is 1.09 bits per heavy atom. The first-order valence-electron chi connectivity index (χ1n) is 6.63. The molecule has 0 aliphatic heterocycles. The molecule has 0 aliphatic carbocycles. The number of ether oxygens (including phenoxy) is 1. The summed E-state index contributed by atoms with van der Waals surface area (Å²) in [6.45, 7) is 0.214. The van der Waals surface area contributed by atoms with Gasteiger partial charge in [-0.3, -0.25) is 4.79 Å². The second kappa shape index (κ2) is 7.69. The number of amides is 1. The summed E-state index contributed by atoms with van der Waals surface area (Å²) in [6.07, 6.45) is 0. The van der Waals surface area contributed by atoms with Crippen molar-refractivity contribution in [3.8, 4) is 5.75 Å². The number of nitrogens with zero attached hydrogens (tertiary/aromatic N) is 3. The molecule has 0 spiro atoms. The molecule has 7 nitrogen and oxygen atoms in total. The number of tetrazole rings is 1. The Morgan fingerprint density at radius 2 is 1.83 bits per heavy atom. The molecule has 118 valence electrons. The number of anilines is 1. The Kier molecular flexibility index (Phi) is 5.40. The van der Waals surface area contributed by atoms with Crippen LogP contribution in [0.5, 0.6) is 5.75 Å². The van der Waals surface area contributed by atoms with E-state index in [-0.39, 0.29) is 19.9 Å². The van der Waals surface area contributed by atoms with E-state index in [2.05, 4.69) is 25.9 Å². The van der Waals surface area contributed by atoms with Crippen LogP contribution in [-0.2, 0) is 6.61 Å². The van der Waals surface area contributed by atoms with E-state index in [0.717, 1.165) is 5.69 Å². The molecule has 1 amide bonds. The quantitative estimate of drug-likeness (QED) is 0.755. The Hall–Kier alpha value is -3.22. The molecule has 0 fully saturated rings. The Bertz CT molecular complexity index is 727. The zero-order valence-corrected chi connectivity index (χ0v) is 11.6. The molecule has 0 aliphatic rings. The third-order valence-electron chi connectivity index (χ3n) is 2.91. The molecule has 0 atom stereocenters. The lowest BCUT2D eigenvalue weighted by Gasteiger charge is -2.06. The molecular formula is C16H17N5O2. The van der Waals surface area contributed by atoms with E-state index in [0.29, 0.717) is 17.1 Å². The van der Waals surface area contributed by atoms with Crippen LogP contribution in [0.4, 0.5) is 5.69 Å². The standard InChI is InChI=1S/C15H13N5O2.CH4/c21-15(16-12-4-2-1-3-5-12)11-6-8-13(9-7-11)22-10-14-17-19-20-18-14;/h1-9H,10H2,(H,16,21)(H,17,18,19,20);1H4. The largest absolute Gasteiger partial charge is 0.485 e. The second-order valence-electron chi connectivity index (χ2n) is 4.46. The highest BCUT2D eigenvalue weighted by molar-refractivity contribution is 6.04. The molecule has 2 N–H and O–H groups in total. The lowest BCUT2D eigenvalue weighted by Crippen LogP contribution is -2.11. The van der Waals surface area contributed by atoms with Crippen molar-refractivity contribution in [3.63, 3.8) is 0 Å². The van der Waals surface area contributed by atoms with Crippen LogP contribution in [-0.4, -0.2) is 26.5 Å². The summed E-state index contributed by atoms with van der Waals surface area (Å²) in [5.41, 5.74) is 1.31. The maximum absolute atomic E-state index is 12.1. The lowest BCUT2D eigenvalue weighted by molar-refractivity contribution is 0.102. The Balaban J connectivity index is 0.00000192. The van der Waals surface area contributed by atoms with Gasteiger partial charge in [0.2, 0.25) is 5.82 Å². The highest BCUT2D eigenvalue weighted by atomic mass is 16.5. The number of hydrogen-bond donors (Lipinski definition) is 2. The topological polar surface area (TPSA) is 92.8 Å². The molecule has 7 heteroatoms. The number of H-pyrrole nitrogens is 1. The highest BCUT2D eigenvalue weighted by Gasteiger charge is 2.06. The van der Waals surface area contributed by atoms with Crippen molar-refractivity contribution in [2.24, 2.45) is 0 Å². The maximum Gasteiger partial charge on any atom is 0.255 e. The fourth-order valence-electron chi connectivity index (χ4n) is 1.82. The van der Waals surface area contributed by atoms with Crippen LogP contribution in [0.3, 0.4) is 0 Å². The summed E-state index contributed by atoms with van der Waals surface area (Å²) < 4.78 is 5.49. The average Bonchev–Trinajstić information content (AvgIpc) is 3.08. The minimum Gasteiger partial charge on any atom is -0.485 e. The molecule has 0 unspecified atom stereocenters. The van der Waals surface area contributed by atoms with Gasteiger partial charge in [-0.15, -0.1) is 10.2 Å². The van der Waals surface area contributed by atoms with Gasteiger partial charge in [0.15, 0.2) is 6.61 Å². The summed E-state index contributed by atoms with van der Waals surface area (Å²) in [5, 5.41) is 16.2.